The van der Waals surface area contributed by atoms with Gasteiger partial charge < -0.3 is 5.32 Å². The average Bonchev–Trinajstić information content (AvgIpc) is 2.74. The molecule has 0 aromatic carbocycles. The van der Waals surface area contributed by atoms with Crippen LogP contribution in [0.4, 0.5) is 5.82 Å². The molecule has 2 rings (SSSR count). The van der Waals surface area contributed by atoms with Gasteiger partial charge in [-0.05, 0) is 36.1 Å². The zero-order valence-corrected chi connectivity index (χ0v) is 12.4. The van der Waals surface area contributed by atoms with Gasteiger partial charge in [-0.2, -0.15) is 4.37 Å². The number of hydrogen-bond acceptors (Lipinski definition) is 7. The highest BCUT2D eigenvalue weighted by molar-refractivity contribution is 8.00. The lowest BCUT2D eigenvalue weighted by molar-refractivity contribution is 0.805. The summed E-state index contributed by atoms with van der Waals surface area (Å²) in [6.07, 6.45) is 1.58. The lowest BCUT2D eigenvalue weighted by Gasteiger charge is -2.13. The fourth-order valence-electron chi connectivity index (χ4n) is 1.58. The van der Waals surface area contributed by atoms with Crippen molar-refractivity contribution in [3.8, 4) is 0 Å². The van der Waals surface area contributed by atoms with Crippen LogP contribution in [-0.2, 0) is 0 Å². The van der Waals surface area contributed by atoms with Crippen LogP contribution in [0.3, 0.4) is 0 Å². The minimum absolute atomic E-state index is 0.352. The summed E-state index contributed by atoms with van der Waals surface area (Å²) in [6.45, 7) is 6.16. The molecule has 0 fully saturated rings. The summed E-state index contributed by atoms with van der Waals surface area (Å²) in [5.41, 5.74) is 1.12. The second-order valence-corrected chi connectivity index (χ2v) is 6.04. The molecular formula is C11H15N5S2. The molecule has 2 aromatic heterocycles. The summed E-state index contributed by atoms with van der Waals surface area (Å²) >= 11 is 2.95. The summed E-state index contributed by atoms with van der Waals surface area (Å²) in [7, 11) is 1.87. The second kappa shape index (κ2) is 5.62. The van der Waals surface area contributed by atoms with E-state index in [-0.39, 0.29) is 0 Å². The number of hydrogen-bond donors (Lipinski definition) is 1. The monoisotopic (exact) mass is 281 g/mol. The Morgan fingerprint density at radius 1 is 1.33 bits per heavy atom. The van der Waals surface area contributed by atoms with Crippen LogP contribution in [0.15, 0.2) is 15.7 Å². The lowest BCUT2D eigenvalue weighted by Crippen LogP contribution is -2.03. The normalized spacial score (nSPS) is 10.9. The topological polar surface area (TPSA) is 63.6 Å². The van der Waals surface area contributed by atoms with E-state index < -0.39 is 0 Å². The van der Waals surface area contributed by atoms with Crippen molar-refractivity contribution in [3.63, 3.8) is 0 Å². The van der Waals surface area contributed by atoms with E-state index in [0.717, 1.165) is 26.6 Å². The average molecular weight is 281 g/mol. The Hall–Kier alpha value is -1.21. The molecule has 2 aromatic rings. The third kappa shape index (κ3) is 2.78. The van der Waals surface area contributed by atoms with Crippen LogP contribution in [0.25, 0.3) is 0 Å². The van der Waals surface area contributed by atoms with Crippen molar-refractivity contribution in [2.24, 2.45) is 0 Å². The van der Waals surface area contributed by atoms with Crippen molar-refractivity contribution in [2.45, 2.75) is 36.1 Å². The molecule has 0 aliphatic carbocycles. The van der Waals surface area contributed by atoms with Crippen molar-refractivity contribution < 1.29 is 0 Å². The molecule has 0 aliphatic rings. The molecule has 96 valence electrons. The van der Waals surface area contributed by atoms with Gasteiger partial charge >= 0.3 is 0 Å². The molecule has 0 bridgehead atoms. The van der Waals surface area contributed by atoms with Crippen LogP contribution in [0.5, 0.6) is 0 Å². The van der Waals surface area contributed by atoms with Crippen LogP contribution in [-0.4, -0.2) is 26.4 Å². The van der Waals surface area contributed by atoms with Crippen molar-refractivity contribution >= 4 is 29.1 Å². The van der Waals surface area contributed by atoms with Gasteiger partial charge in [0.2, 0.25) is 0 Å². The van der Waals surface area contributed by atoms with Crippen LogP contribution in [0, 0.1) is 6.92 Å². The molecule has 0 spiro atoms. The first kappa shape index (κ1) is 13.2. The predicted molar refractivity (Wildman–Crippen MR) is 74.4 cm³/mol. The Morgan fingerprint density at radius 2 is 2.11 bits per heavy atom. The fourth-order valence-corrected chi connectivity index (χ4v) is 3.39. The summed E-state index contributed by atoms with van der Waals surface area (Å²) in [5.74, 6) is 2.03. The maximum absolute atomic E-state index is 4.36. The summed E-state index contributed by atoms with van der Waals surface area (Å²) in [5, 5.41) is 4.06. The summed E-state index contributed by atoms with van der Waals surface area (Å²) in [4.78, 5) is 13.0. The van der Waals surface area contributed by atoms with Gasteiger partial charge in [-0.15, -0.1) is 0 Å². The lowest BCUT2D eigenvalue weighted by atomic mass is 10.1. The molecule has 7 heteroatoms. The highest BCUT2D eigenvalue weighted by atomic mass is 32.2. The van der Waals surface area contributed by atoms with Crippen molar-refractivity contribution in [1.29, 1.82) is 0 Å². The van der Waals surface area contributed by atoms with E-state index in [2.05, 4.69) is 38.5 Å². The minimum atomic E-state index is 0.352. The summed E-state index contributed by atoms with van der Waals surface area (Å²) in [6, 6.07) is 0. The van der Waals surface area contributed by atoms with E-state index in [9.17, 15) is 0 Å². The van der Waals surface area contributed by atoms with Crippen molar-refractivity contribution in [1.82, 2.24) is 19.3 Å². The van der Waals surface area contributed by atoms with Gasteiger partial charge in [0.05, 0.1) is 0 Å². The van der Waals surface area contributed by atoms with E-state index in [1.165, 1.54) is 11.5 Å². The van der Waals surface area contributed by atoms with E-state index >= 15 is 0 Å². The summed E-state index contributed by atoms with van der Waals surface area (Å²) < 4.78 is 5.09. The Kier molecular flexibility index (Phi) is 4.13. The predicted octanol–water partition coefficient (Wildman–Crippen LogP) is 2.95. The molecule has 1 N–H and O–H groups in total. The Morgan fingerprint density at radius 3 is 2.67 bits per heavy atom. The van der Waals surface area contributed by atoms with Gasteiger partial charge in [0.25, 0.3) is 0 Å². The van der Waals surface area contributed by atoms with Crippen LogP contribution in [0.1, 0.15) is 31.2 Å². The minimum Gasteiger partial charge on any atom is -0.373 e. The highest BCUT2D eigenvalue weighted by Gasteiger charge is 2.16. The van der Waals surface area contributed by atoms with Crippen molar-refractivity contribution in [3.05, 3.63) is 17.7 Å². The second-order valence-electron chi connectivity index (χ2n) is 4.06. The molecule has 0 amide bonds. The largest absolute Gasteiger partial charge is 0.373 e. The third-order valence-electron chi connectivity index (χ3n) is 2.35. The first-order chi connectivity index (χ1) is 8.61. The molecule has 0 atom stereocenters. The van der Waals surface area contributed by atoms with Crippen LogP contribution in [0.2, 0.25) is 0 Å². The molecule has 0 unspecified atom stereocenters. The maximum atomic E-state index is 4.36. The smallest absolute Gasteiger partial charge is 0.176 e. The molecular weight excluding hydrogens is 266 g/mol. The molecule has 2 heterocycles. The van der Waals surface area contributed by atoms with E-state index in [0.29, 0.717) is 5.92 Å². The first-order valence-corrected chi connectivity index (χ1v) is 7.21. The standard InChI is InChI=1S/C11H15N5S2/c1-6(2)8-9(12-4)13-5-14-10(8)17-11-15-7(3)16-18-11/h5-6H,1-4H3,(H,12,13,14). The van der Waals surface area contributed by atoms with Crippen LogP contribution < -0.4 is 5.32 Å². The van der Waals surface area contributed by atoms with Crippen molar-refractivity contribution in [2.75, 3.05) is 12.4 Å². The van der Waals surface area contributed by atoms with Gasteiger partial charge in [-0.1, -0.05) is 13.8 Å². The number of anilines is 1. The van der Waals surface area contributed by atoms with Gasteiger partial charge in [0.15, 0.2) is 4.34 Å². The van der Waals surface area contributed by atoms with E-state index in [4.69, 9.17) is 0 Å². The third-order valence-corrected chi connectivity index (χ3v) is 4.22. The van der Waals surface area contributed by atoms with Crippen LogP contribution >= 0.6 is 23.3 Å². The first-order valence-electron chi connectivity index (χ1n) is 5.62. The molecule has 0 saturated heterocycles. The zero-order valence-electron chi connectivity index (χ0n) is 10.8. The quantitative estimate of drug-likeness (QED) is 0.869. The highest BCUT2D eigenvalue weighted by Crippen LogP contribution is 2.35. The Bertz CT molecular complexity index is 538. The molecule has 0 saturated carbocycles. The molecule has 0 aliphatic heterocycles. The van der Waals surface area contributed by atoms with Gasteiger partial charge in [0, 0.05) is 12.6 Å². The number of nitrogens with zero attached hydrogens (tertiary/aromatic N) is 4. The van der Waals surface area contributed by atoms with Gasteiger partial charge in [-0.25, -0.2) is 15.0 Å². The van der Waals surface area contributed by atoms with Gasteiger partial charge in [0.1, 0.15) is 23.0 Å². The molecule has 5 nitrogen and oxygen atoms in total. The molecule has 0 radical (unpaired) electrons. The zero-order chi connectivity index (χ0) is 13.1. The molecule has 18 heavy (non-hydrogen) atoms. The Balaban J connectivity index is 2.37. The maximum Gasteiger partial charge on any atom is 0.176 e. The number of aromatic nitrogens is 4. The van der Waals surface area contributed by atoms with E-state index in [1.54, 1.807) is 18.1 Å². The fraction of sp³-hybridized carbons (Fsp3) is 0.455. The number of aryl methyl sites for hydroxylation is 1. The number of nitrogens with one attached hydrogen (secondary N) is 1. The van der Waals surface area contributed by atoms with E-state index in [1.807, 2.05) is 14.0 Å². The SMILES string of the molecule is CNc1ncnc(Sc2nc(C)ns2)c1C(C)C. The van der Waals surface area contributed by atoms with Gasteiger partial charge in [-0.3, -0.25) is 0 Å². The Labute approximate surface area is 115 Å². The number of rotatable bonds is 4.